The summed E-state index contributed by atoms with van der Waals surface area (Å²) < 4.78 is 18.3. The number of hydrogen-bond acceptors (Lipinski definition) is 4. The number of nitrogens with one attached hydrogen (secondary N) is 1. The molecule has 0 aliphatic rings. The molecule has 0 amide bonds. The highest BCUT2D eigenvalue weighted by molar-refractivity contribution is 5.90. The van der Waals surface area contributed by atoms with Crippen LogP contribution in [0.3, 0.4) is 0 Å². The Hall–Kier alpha value is -2.69. The highest BCUT2D eigenvalue weighted by Gasteiger charge is 2.04. The van der Waals surface area contributed by atoms with E-state index < -0.39 is 0 Å². The van der Waals surface area contributed by atoms with Gasteiger partial charge in [0.05, 0.1) is 13.3 Å². The number of fused-ring (bicyclic) bond motifs is 1. The van der Waals surface area contributed by atoms with Crippen molar-refractivity contribution >= 4 is 16.6 Å². The van der Waals surface area contributed by atoms with Crippen molar-refractivity contribution in [2.24, 2.45) is 0 Å². The summed E-state index contributed by atoms with van der Waals surface area (Å²) in [6.07, 6.45) is 1.55. The second-order valence-electron chi connectivity index (χ2n) is 4.63. The van der Waals surface area contributed by atoms with Crippen LogP contribution in [0.25, 0.3) is 10.8 Å². The molecule has 5 heteroatoms. The highest BCUT2D eigenvalue weighted by atomic mass is 19.1. The molecule has 106 valence electrons. The SMILES string of the molecule is COc1ccc(CNc2nncc3cc(F)ccc23)cc1. The van der Waals surface area contributed by atoms with Gasteiger partial charge in [0.2, 0.25) is 0 Å². The molecule has 0 unspecified atom stereocenters. The zero-order valence-corrected chi connectivity index (χ0v) is 11.5. The van der Waals surface area contributed by atoms with E-state index in [2.05, 4.69) is 15.5 Å². The summed E-state index contributed by atoms with van der Waals surface area (Å²) in [5, 5.41) is 12.8. The van der Waals surface area contributed by atoms with Crippen LogP contribution in [0.2, 0.25) is 0 Å². The molecule has 0 aliphatic carbocycles. The molecule has 0 radical (unpaired) electrons. The Kier molecular flexibility index (Phi) is 3.64. The third-order valence-electron chi connectivity index (χ3n) is 3.24. The predicted octanol–water partition coefficient (Wildman–Crippen LogP) is 3.39. The Balaban J connectivity index is 1.81. The van der Waals surface area contributed by atoms with Crippen molar-refractivity contribution in [3.05, 3.63) is 60.0 Å². The maximum atomic E-state index is 13.2. The van der Waals surface area contributed by atoms with Gasteiger partial charge in [-0.15, -0.1) is 5.10 Å². The monoisotopic (exact) mass is 283 g/mol. The van der Waals surface area contributed by atoms with Crippen molar-refractivity contribution in [3.8, 4) is 5.75 Å². The Bertz CT molecular complexity index is 759. The molecule has 0 spiro atoms. The molecule has 0 aliphatic heterocycles. The number of hydrogen-bond donors (Lipinski definition) is 1. The lowest BCUT2D eigenvalue weighted by molar-refractivity contribution is 0.414. The molecular weight excluding hydrogens is 269 g/mol. The van der Waals surface area contributed by atoms with Gasteiger partial charge in [0.1, 0.15) is 11.6 Å². The number of rotatable bonds is 4. The maximum Gasteiger partial charge on any atom is 0.156 e. The van der Waals surface area contributed by atoms with E-state index in [0.717, 1.165) is 22.1 Å². The molecule has 1 N–H and O–H groups in total. The minimum absolute atomic E-state index is 0.281. The number of methoxy groups -OCH3 is 1. The summed E-state index contributed by atoms with van der Waals surface area (Å²) in [5.74, 6) is 1.18. The highest BCUT2D eigenvalue weighted by Crippen LogP contribution is 2.21. The van der Waals surface area contributed by atoms with Crippen molar-refractivity contribution in [3.63, 3.8) is 0 Å². The van der Waals surface area contributed by atoms with Crippen LogP contribution in [0.4, 0.5) is 10.2 Å². The normalized spacial score (nSPS) is 10.6. The van der Waals surface area contributed by atoms with Crippen LogP contribution in [0.15, 0.2) is 48.7 Å². The molecule has 3 rings (SSSR count). The Labute approximate surface area is 121 Å². The summed E-state index contributed by atoms with van der Waals surface area (Å²) in [5.41, 5.74) is 1.09. The molecule has 3 aromatic rings. The van der Waals surface area contributed by atoms with Gasteiger partial charge in [-0.1, -0.05) is 12.1 Å². The summed E-state index contributed by atoms with van der Waals surface area (Å²) in [6.45, 7) is 0.606. The zero-order valence-electron chi connectivity index (χ0n) is 11.5. The lowest BCUT2D eigenvalue weighted by Gasteiger charge is -2.08. The molecule has 1 aromatic heterocycles. The average molecular weight is 283 g/mol. The van der Waals surface area contributed by atoms with E-state index in [4.69, 9.17) is 4.74 Å². The fourth-order valence-electron chi connectivity index (χ4n) is 2.12. The van der Waals surface area contributed by atoms with E-state index in [1.54, 1.807) is 19.4 Å². The van der Waals surface area contributed by atoms with Gasteiger partial charge in [-0.3, -0.25) is 0 Å². The van der Waals surface area contributed by atoms with Gasteiger partial charge in [-0.05, 0) is 35.9 Å². The fraction of sp³-hybridized carbons (Fsp3) is 0.125. The summed E-state index contributed by atoms with van der Waals surface area (Å²) in [4.78, 5) is 0. The summed E-state index contributed by atoms with van der Waals surface area (Å²) in [6, 6.07) is 12.3. The third-order valence-corrected chi connectivity index (χ3v) is 3.24. The standard InChI is InChI=1S/C16H14FN3O/c1-21-14-5-2-11(3-6-14)9-18-16-15-7-4-13(17)8-12(15)10-19-20-16/h2-8,10H,9H2,1H3,(H,18,20). The molecule has 0 saturated carbocycles. The largest absolute Gasteiger partial charge is 0.497 e. The minimum atomic E-state index is -0.281. The van der Waals surface area contributed by atoms with E-state index in [1.165, 1.54) is 12.1 Å². The number of halogens is 1. The van der Waals surface area contributed by atoms with Crippen LogP contribution in [0, 0.1) is 5.82 Å². The van der Waals surface area contributed by atoms with E-state index in [0.29, 0.717) is 12.4 Å². The second kappa shape index (κ2) is 5.75. The van der Waals surface area contributed by atoms with Gasteiger partial charge in [0, 0.05) is 17.3 Å². The van der Waals surface area contributed by atoms with Crippen molar-refractivity contribution in [2.75, 3.05) is 12.4 Å². The second-order valence-corrected chi connectivity index (χ2v) is 4.63. The van der Waals surface area contributed by atoms with Gasteiger partial charge >= 0.3 is 0 Å². The van der Waals surface area contributed by atoms with Crippen molar-refractivity contribution in [1.82, 2.24) is 10.2 Å². The molecule has 0 fully saturated rings. The lowest BCUT2D eigenvalue weighted by atomic mass is 10.1. The van der Waals surface area contributed by atoms with Gasteiger partial charge in [0.15, 0.2) is 5.82 Å². The van der Waals surface area contributed by atoms with Crippen LogP contribution in [0.5, 0.6) is 5.75 Å². The van der Waals surface area contributed by atoms with Gasteiger partial charge in [-0.2, -0.15) is 5.10 Å². The Morgan fingerprint density at radius 2 is 1.95 bits per heavy atom. The number of anilines is 1. The van der Waals surface area contributed by atoms with E-state index in [1.807, 2.05) is 24.3 Å². The van der Waals surface area contributed by atoms with E-state index in [-0.39, 0.29) is 5.82 Å². The van der Waals surface area contributed by atoms with Crippen LogP contribution in [-0.2, 0) is 6.54 Å². The molecule has 0 bridgehead atoms. The van der Waals surface area contributed by atoms with Crippen molar-refractivity contribution in [1.29, 1.82) is 0 Å². The molecule has 0 saturated heterocycles. The van der Waals surface area contributed by atoms with Crippen LogP contribution in [-0.4, -0.2) is 17.3 Å². The first-order valence-electron chi connectivity index (χ1n) is 6.54. The maximum absolute atomic E-state index is 13.2. The summed E-state index contributed by atoms with van der Waals surface area (Å²) >= 11 is 0. The van der Waals surface area contributed by atoms with E-state index >= 15 is 0 Å². The Morgan fingerprint density at radius 3 is 2.71 bits per heavy atom. The molecule has 0 atom stereocenters. The number of benzene rings is 2. The molecule has 2 aromatic carbocycles. The Morgan fingerprint density at radius 1 is 1.14 bits per heavy atom. The number of ether oxygens (including phenoxy) is 1. The van der Waals surface area contributed by atoms with Crippen LogP contribution < -0.4 is 10.1 Å². The minimum Gasteiger partial charge on any atom is -0.497 e. The average Bonchev–Trinajstić information content (AvgIpc) is 2.53. The topological polar surface area (TPSA) is 47.0 Å². The molecular formula is C16H14FN3O. The zero-order chi connectivity index (χ0) is 14.7. The first-order chi connectivity index (χ1) is 10.3. The number of aromatic nitrogens is 2. The predicted molar refractivity (Wildman–Crippen MR) is 79.8 cm³/mol. The third kappa shape index (κ3) is 2.91. The molecule has 1 heterocycles. The molecule has 4 nitrogen and oxygen atoms in total. The van der Waals surface area contributed by atoms with Crippen LogP contribution >= 0.6 is 0 Å². The summed E-state index contributed by atoms with van der Waals surface area (Å²) in [7, 11) is 1.64. The smallest absolute Gasteiger partial charge is 0.156 e. The van der Waals surface area contributed by atoms with Gasteiger partial charge in [0.25, 0.3) is 0 Å². The first kappa shape index (κ1) is 13.3. The van der Waals surface area contributed by atoms with Crippen LogP contribution in [0.1, 0.15) is 5.56 Å². The van der Waals surface area contributed by atoms with Gasteiger partial charge < -0.3 is 10.1 Å². The molecule has 21 heavy (non-hydrogen) atoms. The first-order valence-corrected chi connectivity index (χ1v) is 6.54. The number of nitrogens with zero attached hydrogens (tertiary/aromatic N) is 2. The lowest BCUT2D eigenvalue weighted by Crippen LogP contribution is -2.03. The fourth-order valence-corrected chi connectivity index (χ4v) is 2.12. The quantitative estimate of drug-likeness (QED) is 0.797. The van der Waals surface area contributed by atoms with E-state index in [9.17, 15) is 4.39 Å². The van der Waals surface area contributed by atoms with Gasteiger partial charge in [-0.25, -0.2) is 4.39 Å². The van der Waals surface area contributed by atoms with Crippen molar-refractivity contribution in [2.45, 2.75) is 6.54 Å². The van der Waals surface area contributed by atoms with Crippen molar-refractivity contribution < 1.29 is 9.13 Å².